The first kappa shape index (κ1) is 20.5. The molecule has 0 aromatic carbocycles. The van der Waals surface area contributed by atoms with Crippen LogP contribution in [0.3, 0.4) is 0 Å². The second-order valence-electron chi connectivity index (χ2n) is 4.79. The van der Waals surface area contributed by atoms with Crippen molar-refractivity contribution in [3.8, 4) is 0 Å². The fourth-order valence-electron chi connectivity index (χ4n) is 1.65. The van der Waals surface area contributed by atoms with Crippen LogP contribution in [0.4, 0.5) is 0 Å². The zero-order valence-corrected chi connectivity index (χ0v) is 14.0. The van der Waals surface area contributed by atoms with Crippen molar-refractivity contribution in [2.45, 2.75) is 13.3 Å². The van der Waals surface area contributed by atoms with Gasteiger partial charge in [-0.3, -0.25) is 14.8 Å². The van der Waals surface area contributed by atoms with Gasteiger partial charge in [-0.05, 0) is 48.4 Å². The number of aliphatic carboxylic acids is 1. The minimum atomic E-state index is -1.34. The summed E-state index contributed by atoms with van der Waals surface area (Å²) >= 11 is 0. The van der Waals surface area contributed by atoms with Crippen LogP contribution in [0, 0.1) is 0 Å². The fourth-order valence-corrected chi connectivity index (χ4v) is 1.65. The lowest BCUT2D eigenvalue weighted by Gasteiger charge is -2.00. The lowest BCUT2D eigenvalue weighted by Crippen LogP contribution is -2.19. The summed E-state index contributed by atoms with van der Waals surface area (Å²) in [5.74, 6) is -3.32. The normalized spacial score (nSPS) is 10.3. The molecule has 0 aliphatic carbocycles. The smallest absolute Gasteiger partial charge is 0.374 e. The van der Waals surface area contributed by atoms with Crippen LogP contribution in [0.2, 0.25) is 0 Å². The van der Waals surface area contributed by atoms with Gasteiger partial charge in [0.15, 0.2) is 0 Å². The minimum absolute atomic E-state index is 0.0708. The molecule has 0 fully saturated rings. The van der Waals surface area contributed by atoms with Crippen LogP contribution >= 0.6 is 0 Å². The highest BCUT2D eigenvalue weighted by Crippen LogP contribution is 2.02. The lowest BCUT2D eigenvalue weighted by molar-refractivity contribution is -0.153. The predicted octanol–water partition coefficient (Wildman–Crippen LogP) is 1.82. The summed E-state index contributed by atoms with van der Waals surface area (Å²) in [6, 6.07) is 6.58. The number of hydrogen-bond acceptors (Lipinski definition) is 7. The third-order valence-corrected chi connectivity index (χ3v) is 2.85. The van der Waals surface area contributed by atoms with Gasteiger partial charge in [-0.2, -0.15) is 0 Å². The quantitative estimate of drug-likeness (QED) is 0.346. The van der Waals surface area contributed by atoms with Crippen molar-refractivity contribution in [1.29, 1.82) is 0 Å². The maximum Gasteiger partial charge on any atom is 0.374 e. The summed E-state index contributed by atoms with van der Waals surface area (Å²) in [6.45, 7) is 1.89. The Morgan fingerprint density at radius 2 is 1.54 bits per heavy atom. The van der Waals surface area contributed by atoms with Crippen molar-refractivity contribution in [3.05, 3.63) is 65.9 Å². The van der Waals surface area contributed by atoms with Crippen molar-refractivity contribution >= 4 is 23.8 Å². The second-order valence-corrected chi connectivity index (χ2v) is 4.79. The molecule has 0 spiro atoms. The molecule has 8 nitrogen and oxygen atoms in total. The molecule has 26 heavy (non-hydrogen) atoms. The third kappa shape index (κ3) is 7.82. The van der Waals surface area contributed by atoms with E-state index in [-0.39, 0.29) is 13.0 Å². The van der Waals surface area contributed by atoms with E-state index in [1.54, 1.807) is 43.6 Å². The van der Waals surface area contributed by atoms with E-state index < -0.39 is 23.5 Å². The van der Waals surface area contributed by atoms with Gasteiger partial charge in [0.25, 0.3) is 0 Å². The molecule has 0 bridgehead atoms. The topological polar surface area (TPSA) is 127 Å². The summed E-state index contributed by atoms with van der Waals surface area (Å²) in [5.41, 5.74) is 1.36. The summed E-state index contributed by atoms with van der Waals surface area (Å²) < 4.78 is 4.57. The van der Waals surface area contributed by atoms with Gasteiger partial charge in [-0.15, -0.1) is 0 Å². The van der Waals surface area contributed by atoms with E-state index in [1.807, 2.05) is 0 Å². The number of aliphatic hydroxyl groups excluding tert-OH is 1. The largest absolute Gasteiger partial charge is 0.502 e. The first-order valence-corrected chi connectivity index (χ1v) is 7.56. The summed E-state index contributed by atoms with van der Waals surface area (Å²) in [4.78, 5) is 39.9. The summed E-state index contributed by atoms with van der Waals surface area (Å²) in [5, 5.41) is 17.1. The molecule has 2 rings (SSSR count). The molecule has 0 amide bonds. The summed E-state index contributed by atoms with van der Waals surface area (Å²) in [7, 11) is 0. The number of nitrogens with zero attached hydrogens (tertiary/aromatic N) is 2. The van der Waals surface area contributed by atoms with Crippen LogP contribution in [0.15, 0.2) is 54.8 Å². The van der Waals surface area contributed by atoms with E-state index >= 15 is 0 Å². The van der Waals surface area contributed by atoms with E-state index in [0.29, 0.717) is 5.56 Å². The molecule has 0 saturated carbocycles. The van der Waals surface area contributed by atoms with Crippen molar-refractivity contribution < 1.29 is 29.3 Å². The maximum absolute atomic E-state index is 11.2. The number of ether oxygens (including phenoxy) is 1. The minimum Gasteiger partial charge on any atom is -0.502 e. The average molecular weight is 358 g/mol. The Balaban J connectivity index is 0.000000263. The molecular formula is C18H18N2O6. The lowest BCUT2D eigenvalue weighted by atomic mass is 10.1. The molecule has 0 atom stereocenters. The van der Waals surface area contributed by atoms with E-state index in [4.69, 9.17) is 10.2 Å². The van der Waals surface area contributed by atoms with Crippen molar-refractivity contribution in [3.63, 3.8) is 0 Å². The monoisotopic (exact) mass is 358 g/mol. The highest BCUT2D eigenvalue weighted by atomic mass is 16.5. The van der Waals surface area contributed by atoms with E-state index in [0.717, 1.165) is 11.6 Å². The molecule has 2 heterocycles. The molecule has 0 radical (unpaired) electrons. The number of esters is 1. The van der Waals surface area contributed by atoms with Gasteiger partial charge in [0.1, 0.15) is 0 Å². The number of carboxylic acids is 1. The van der Waals surface area contributed by atoms with Crippen LogP contribution in [0.25, 0.3) is 6.08 Å². The number of hydrogen-bond donors (Lipinski definition) is 2. The van der Waals surface area contributed by atoms with E-state index in [1.165, 1.54) is 12.4 Å². The fraction of sp³-hybridized carbons (Fsp3) is 0.167. The SMILES string of the molecule is CCOC(=O)C(=O)Cc1ccncc1.O=C(O)/C(O)=C\c1ccncc1. The number of Topliss-reactive ketones (excluding diaryl/α,β-unsaturated/α-hetero) is 1. The number of carbonyl (C=O) groups excluding carboxylic acids is 2. The molecule has 8 heteroatoms. The molecule has 0 aliphatic heterocycles. The van der Waals surface area contributed by atoms with Gasteiger partial charge in [-0.25, -0.2) is 9.59 Å². The Hall–Kier alpha value is -3.55. The first-order chi connectivity index (χ1) is 12.4. The second kappa shape index (κ2) is 11.1. The molecule has 136 valence electrons. The molecule has 2 N–H and O–H groups in total. The Labute approximate surface area is 149 Å². The number of carboxylic acid groups (broad SMARTS) is 1. The third-order valence-electron chi connectivity index (χ3n) is 2.85. The van der Waals surface area contributed by atoms with Crippen LogP contribution in [0.1, 0.15) is 18.1 Å². The molecule has 2 aromatic rings. The standard InChI is InChI=1S/C10H11NO3.C8H7NO3/c1-2-14-10(13)9(12)7-8-3-5-11-6-4-8;10-7(8(11)12)5-6-1-3-9-4-2-6/h3-6H,2,7H2,1H3;1-5,10H,(H,11,12)/b;7-5+. The number of ketones is 1. The van der Waals surface area contributed by atoms with Gasteiger partial charge in [0, 0.05) is 31.2 Å². The van der Waals surface area contributed by atoms with Gasteiger partial charge in [-0.1, -0.05) is 0 Å². The molecule has 2 aromatic heterocycles. The number of carbonyl (C=O) groups is 3. The van der Waals surface area contributed by atoms with Crippen LogP contribution in [-0.4, -0.2) is 44.5 Å². The number of aromatic nitrogens is 2. The zero-order chi connectivity index (χ0) is 19.4. The van der Waals surface area contributed by atoms with Crippen LogP contribution < -0.4 is 0 Å². The Morgan fingerprint density at radius 1 is 1.00 bits per heavy atom. The Bertz CT molecular complexity index is 760. The summed E-state index contributed by atoms with van der Waals surface area (Å²) in [6.07, 6.45) is 7.41. The molecule has 0 unspecified atom stereocenters. The van der Waals surface area contributed by atoms with Gasteiger partial charge >= 0.3 is 11.9 Å². The Kier molecular flexibility index (Phi) is 8.74. The van der Waals surface area contributed by atoms with E-state index in [9.17, 15) is 14.4 Å². The van der Waals surface area contributed by atoms with Crippen molar-refractivity contribution in [2.75, 3.05) is 6.61 Å². The maximum atomic E-state index is 11.2. The van der Waals surface area contributed by atoms with Gasteiger partial charge in [0.05, 0.1) is 6.61 Å². The highest BCUT2D eigenvalue weighted by Gasteiger charge is 2.14. The number of pyridine rings is 2. The predicted molar refractivity (Wildman–Crippen MR) is 92.1 cm³/mol. The van der Waals surface area contributed by atoms with Crippen molar-refractivity contribution in [2.24, 2.45) is 0 Å². The van der Waals surface area contributed by atoms with Crippen molar-refractivity contribution in [1.82, 2.24) is 9.97 Å². The number of aliphatic hydroxyl groups is 1. The molecular weight excluding hydrogens is 340 g/mol. The molecule has 0 saturated heterocycles. The Morgan fingerprint density at radius 3 is 2.04 bits per heavy atom. The average Bonchev–Trinajstić information content (AvgIpc) is 2.64. The van der Waals surface area contributed by atoms with Crippen LogP contribution in [-0.2, 0) is 25.5 Å². The van der Waals surface area contributed by atoms with Gasteiger partial charge < -0.3 is 14.9 Å². The van der Waals surface area contributed by atoms with Gasteiger partial charge in [0.2, 0.25) is 11.5 Å². The first-order valence-electron chi connectivity index (χ1n) is 7.56. The van der Waals surface area contributed by atoms with E-state index in [2.05, 4.69) is 14.7 Å². The highest BCUT2D eigenvalue weighted by molar-refractivity contribution is 6.34. The molecule has 0 aliphatic rings. The number of rotatable bonds is 6. The zero-order valence-electron chi connectivity index (χ0n) is 14.0. The van der Waals surface area contributed by atoms with Crippen LogP contribution in [0.5, 0.6) is 0 Å².